The highest BCUT2D eigenvalue weighted by molar-refractivity contribution is 5.82. The third kappa shape index (κ3) is 3.26. The number of para-hydroxylation sites is 3. The van der Waals surface area contributed by atoms with E-state index in [0.29, 0.717) is 6.73 Å². The number of ether oxygens (including phenoxy) is 1. The van der Waals surface area contributed by atoms with Crippen LogP contribution in [0.2, 0.25) is 0 Å². The van der Waals surface area contributed by atoms with E-state index in [0.717, 1.165) is 22.7 Å². The van der Waals surface area contributed by atoms with Gasteiger partial charge >= 0.3 is 0 Å². The van der Waals surface area contributed by atoms with Gasteiger partial charge in [-0.3, -0.25) is 0 Å². The minimum atomic E-state index is 0.161. The Kier molecular flexibility index (Phi) is 4.21. The van der Waals surface area contributed by atoms with E-state index in [-0.39, 0.29) is 6.04 Å². The van der Waals surface area contributed by atoms with Gasteiger partial charge < -0.3 is 10.1 Å². The summed E-state index contributed by atoms with van der Waals surface area (Å²) in [6.07, 6.45) is 2.16. The number of rotatable bonds is 4. The summed E-state index contributed by atoms with van der Waals surface area (Å²) < 4.78 is 8.26. The van der Waals surface area contributed by atoms with Crippen LogP contribution in [0.4, 0.5) is 11.4 Å². The second-order valence-corrected chi connectivity index (χ2v) is 6.21. The van der Waals surface area contributed by atoms with Crippen LogP contribution in [-0.2, 0) is 0 Å². The molecule has 1 atom stereocenters. The molecule has 3 aromatic carbocycles. The zero-order valence-electron chi connectivity index (χ0n) is 14.2. The van der Waals surface area contributed by atoms with Gasteiger partial charge in [-0.25, -0.2) is 0 Å². The van der Waals surface area contributed by atoms with E-state index >= 15 is 0 Å². The molecular formula is C22H21N2O+. The Hall–Kier alpha value is -3.07. The quantitative estimate of drug-likeness (QED) is 0.683. The lowest BCUT2D eigenvalue weighted by atomic mass is 10.0. The largest absolute Gasteiger partial charge is 0.435 e. The van der Waals surface area contributed by atoms with E-state index < -0.39 is 0 Å². The third-order valence-electron chi connectivity index (χ3n) is 4.43. The maximum Gasteiger partial charge on any atom is 0.292 e. The average molecular weight is 329 g/mol. The Bertz CT molecular complexity index is 888. The molecular weight excluding hydrogens is 308 g/mol. The fourth-order valence-corrected chi connectivity index (χ4v) is 3.15. The number of hydrogen-bond acceptors (Lipinski definition) is 2. The standard InChI is InChI=1S/C22H21N2O/c1-17(23-19-10-4-2-5-11-19)21-14-8-9-18-15-24(16-25-22(18)21)20-12-6-3-7-13-20/h2-15,17,23H,16H2,1H3/q+1. The zero-order chi connectivity index (χ0) is 17.1. The first-order valence-electron chi connectivity index (χ1n) is 8.55. The lowest BCUT2D eigenvalue weighted by Gasteiger charge is -2.22. The van der Waals surface area contributed by atoms with Gasteiger partial charge in [0, 0.05) is 23.4 Å². The number of hydrogen-bond donors (Lipinski definition) is 1. The zero-order valence-corrected chi connectivity index (χ0v) is 14.2. The molecule has 3 nitrogen and oxygen atoms in total. The van der Waals surface area contributed by atoms with Gasteiger partial charge in [0.15, 0.2) is 6.21 Å². The molecule has 1 aliphatic heterocycles. The molecule has 0 saturated heterocycles. The molecule has 1 heterocycles. The molecule has 1 unspecified atom stereocenters. The molecule has 25 heavy (non-hydrogen) atoms. The Morgan fingerprint density at radius 3 is 2.36 bits per heavy atom. The van der Waals surface area contributed by atoms with E-state index in [1.165, 1.54) is 5.56 Å². The highest BCUT2D eigenvalue weighted by Crippen LogP contribution is 2.32. The predicted octanol–water partition coefficient (Wildman–Crippen LogP) is 4.97. The molecule has 0 saturated carbocycles. The second kappa shape index (κ2) is 6.81. The van der Waals surface area contributed by atoms with E-state index in [1.54, 1.807) is 0 Å². The van der Waals surface area contributed by atoms with Crippen LogP contribution in [-0.4, -0.2) is 17.5 Å². The van der Waals surface area contributed by atoms with Gasteiger partial charge in [-0.1, -0.05) is 48.5 Å². The fourth-order valence-electron chi connectivity index (χ4n) is 3.15. The van der Waals surface area contributed by atoms with Gasteiger partial charge in [-0.2, -0.15) is 4.58 Å². The highest BCUT2D eigenvalue weighted by Gasteiger charge is 2.23. The van der Waals surface area contributed by atoms with Crippen molar-refractivity contribution in [1.29, 1.82) is 0 Å². The number of benzene rings is 3. The summed E-state index contributed by atoms with van der Waals surface area (Å²) in [4.78, 5) is 0. The SMILES string of the molecule is CC(Nc1ccccc1)c1cccc2c1OC[N+](c1ccccc1)=C2. The fraction of sp³-hybridized carbons (Fsp3) is 0.136. The van der Waals surface area contributed by atoms with Crippen LogP contribution in [0.15, 0.2) is 78.9 Å². The van der Waals surface area contributed by atoms with Gasteiger partial charge in [0.1, 0.15) is 5.75 Å². The normalized spacial score (nSPS) is 14.0. The summed E-state index contributed by atoms with van der Waals surface area (Å²) in [5.41, 5.74) is 4.52. The summed E-state index contributed by atoms with van der Waals surface area (Å²) in [7, 11) is 0. The van der Waals surface area contributed by atoms with E-state index in [4.69, 9.17) is 4.74 Å². The van der Waals surface area contributed by atoms with Crippen molar-refractivity contribution in [1.82, 2.24) is 0 Å². The molecule has 3 heteroatoms. The van der Waals surface area contributed by atoms with Gasteiger partial charge in [-0.05, 0) is 25.1 Å². The lowest BCUT2D eigenvalue weighted by Crippen LogP contribution is -2.22. The van der Waals surface area contributed by atoms with Crippen molar-refractivity contribution in [3.8, 4) is 5.75 Å². The van der Waals surface area contributed by atoms with E-state index in [1.807, 2.05) is 36.4 Å². The van der Waals surface area contributed by atoms with E-state index in [2.05, 4.69) is 65.5 Å². The number of anilines is 1. The summed E-state index contributed by atoms with van der Waals surface area (Å²) in [5.74, 6) is 0.964. The average Bonchev–Trinajstić information content (AvgIpc) is 2.68. The van der Waals surface area contributed by atoms with E-state index in [9.17, 15) is 0 Å². The van der Waals surface area contributed by atoms with Crippen molar-refractivity contribution in [3.05, 3.63) is 90.0 Å². The van der Waals surface area contributed by atoms with Crippen LogP contribution in [0.3, 0.4) is 0 Å². The van der Waals surface area contributed by atoms with Crippen LogP contribution in [0.25, 0.3) is 0 Å². The van der Waals surface area contributed by atoms with Gasteiger partial charge in [-0.15, -0.1) is 0 Å². The van der Waals surface area contributed by atoms with Gasteiger partial charge in [0.05, 0.1) is 11.6 Å². The first kappa shape index (κ1) is 15.5. The minimum absolute atomic E-state index is 0.161. The topological polar surface area (TPSA) is 24.3 Å². The molecule has 0 fully saturated rings. The van der Waals surface area contributed by atoms with Crippen LogP contribution in [0.5, 0.6) is 5.75 Å². The minimum Gasteiger partial charge on any atom is -0.435 e. The van der Waals surface area contributed by atoms with Crippen LogP contribution in [0.1, 0.15) is 24.1 Å². The molecule has 1 aliphatic rings. The third-order valence-corrected chi connectivity index (χ3v) is 4.43. The van der Waals surface area contributed by atoms with Gasteiger partial charge in [0.25, 0.3) is 6.73 Å². The molecule has 124 valence electrons. The van der Waals surface area contributed by atoms with Crippen molar-refractivity contribution in [2.45, 2.75) is 13.0 Å². The van der Waals surface area contributed by atoms with Crippen LogP contribution < -0.4 is 10.1 Å². The molecule has 0 aliphatic carbocycles. The Labute approximate surface area is 148 Å². The molecule has 0 amide bonds. The first-order valence-corrected chi connectivity index (χ1v) is 8.55. The Balaban J connectivity index is 1.64. The monoisotopic (exact) mass is 329 g/mol. The maximum absolute atomic E-state index is 6.14. The number of fused-ring (bicyclic) bond motifs is 1. The Morgan fingerprint density at radius 2 is 1.60 bits per heavy atom. The van der Waals surface area contributed by atoms with Crippen molar-refractivity contribution in [2.75, 3.05) is 12.0 Å². The molecule has 4 rings (SSSR count). The summed E-state index contributed by atoms with van der Waals surface area (Å²) in [6.45, 7) is 2.68. The van der Waals surface area contributed by atoms with Gasteiger partial charge in [0.2, 0.25) is 5.69 Å². The van der Waals surface area contributed by atoms with Crippen molar-refractivity contribution in [2.24, 2.45) is 0 Å². The molecule has 0 aromatic heterocycles. The molecule has 0 bridgehead atoms. The predicted molar refractivity (Wildman–Crippen MR) is 102 cm³/mol. The lowest BCUT2D eigenvalue weighted by molar-refractivity contribution is -0.476. The number of nitrogens with one attached hydrogen (secondary N) is 1. The number of nitrogens with zero attached hydrogens (tertiary/aromatic N) is 1. The summed E-state index contributed by atoms with van der Waals surface area (Å²) in [6, 6.07) is 27.0. The molecule has 0 radical (unpaired) electrons. The van der Waals surface area contributed by atoms with Crippen molar-refractivity contribution < 1.29 is 9.31 Å². The first-order chi connectivity index (χ1) is 12.3. The summed E-state index contributed by atoms with van der Waals surface area (Å²) >= 11 is 0. The maximum atomic E-state index is 6.14. The molecule has 0 spiro atoms. The van der Waals surface area contributed by atoms with Crippen LogP contribution >= 0.6 is 0 Å². The Morgan fingerprint density at radius 1 is 0.880 bits per heavy atom. The van der Waals surface area contributed by atoms with Crippen LogP contribution in [0, 0.1) is 0 Å². The second-order valence-electron chi connectivity index (χ2n) is 6.21. The van der Waals surface area contributed by atoms with Crippen molar-refractivity contribution >= 4 is 17.6 Å². The molecule has 1 N–H and O–H groups in total. The summed E-state index contributed by atoms with van der Waals surface area (Å²) in [5, 5.41) is 3.54. The van der Waals surface area contributed by atoms with Crippen molar-refractivity contribution in [3.63, 3.8) is 0 Å². The highest BCUT2D eigenvalue weighted by atomic mass is 16.5. The smallest absolute Gasteiger partial charge is 0.292 e. The molecule has 3 aromatic rings.